The third-order valence-corrected chi connectivity index (χ3v) is 3.31. The van der Waals surface area contributed by atoms with Crippen molar-refractivity contribution < 1.29 is 30.0 Å². The average molecular weight is 292 g/mol. The van der Waals surface area contributed by atoms with Crippen molar-refractivity contribution in [1.29, 1.82) is 0 Å². The van der Waals surface area contributed by atoms with E-state index in [0.29, 0.717) is 6.42 Å². The normalized spacial score (nSPS) is 11.1. The largest absolute Gasteiger partial charge is 0.286 e. The van der Waals surface area contributed by atoms with Crippen LogP contribution < -0.4 is 0 Å². The summed E-state index contributed by atoms with van der Waals surface area (Å²) in [6, 6.07) is 0. The van der Waals surface area contributed by atoms with E-state index in [9.17, 15) is 8.42 Å². The van der Waals surface area contributed by atoms with Crippen LogP contribution in [0.25, 0.3) is 0 Å². The molecule has 1 N–H and O–H groups in total. The predicted octanol–water partition coefficient (Wildman–Crippen LogP) is 3.40. The summed E-state index contributed by atoms with van der Waals surface area (Å²) in [5.41, 5.74) is 0. The number of hydrogen-bond donors (Lipinski definition) is 1. The van der Waals surface area contributed by atoms with Crippen LogP contribution in [-0.2, 0) is 27.2 Å². The summed E-state index contributed by atoms with van der Waals surface area (Å²) in [6.07, 6.45) is 10.2. The standard InChI is InChI=1S/C11H24O3S.Fe/c1-2-3-4-5-6-7-8-9-10-11-15(12,13)14;/h2-11H2,1H3,(H,12,13,14);. The first-order chi connectivity index (χ1) is 7.06. The van der Waals surface area contributed by atoms with Gasteiger partial charge in [-0.3, -0.25) is 4.55 Å². The molecule has 0 aliphatic carbocycles. The summed E-state index contributed by atoms with van der Waals surface area (Å²) in [6.45, 7) is 2.20. The van der Waals surface area contributed by atoms with Crippen molar-refractivity contribution in [2.24, 2.45) is 0 Å². The van der Waals surface area contributed by atoms with Gasteiger partial charge in [0.05, 0.1) is 5.75 Å². The fourth-order valence-corrected chi connectivity index (χ4v) is 2.16. The van der Waals surface area contributed by atoms with Crippen LogP contribution in [0.15, 0.2) is 0 Å². The van der Waals surface area contributed by atoms with E-state index < -0.39 is 10.1 Å². The van der Waals surface area contributed by atoms with E-state index in [1.807, 2.05) is 0 Å². The van der Waals surface area contributed by atoms with Crippen LogP contribution in [0.2, 0.25) is 0 Å². The van der Waals surface area contributed by atoms with Gasteiger partial charge in [-0.15, -0.1) is 0 Å². The van der Waals surface area contributed by atoms with Crippen LogP contribution in [0.5, 0.6) is 0 Å². The molecule has 0 aromatic heterocycles. The second kappa shape index (κ2) is 11.9. The maximum atomic E-state index is 10.4. The quantitative estimate of drug-likeness (QED) is 0.381. The van der Waals surface area contributed by atoms with E-state index in [1.165, 1.54) is 38.5 Å². The van der Waals surface area contributed by atoms with Crippen LogP contribution in [0.3, 0.4) is 0 Å². The summed E-state index contributed by atoms with van der Waals surface area (Å²) in [4.78, 5) is 0. The second-order valence-electron chi connectivity index (χ2n) is 4.11. The van der Waals surface area contributed by atoms with Gasteiger partial charge in [0.2, 0.25) is 0 Å². The smallest absolute Gasteiger partial charge is 0.264 e. The van der Waals surface area contributed by atoms with Crippen molar-refractivity contribution in [3.63, 3.8) is 0 Å². The van der Waals surface area contributed by atoms with Gasteiger partial charge in [0.15, 0.2) is 0 Å². The van der Waals surface area contributed by atoms with Crippen LogP contribution >= 0.6 is 0 Å². The molecule has 3 nitrogen and oxygen atoms in total. The number of unbranched alkanes of at least 4 members (excludes halogenated alkanes) is 8. The van der Waals surface area contributed by atoms with Gasteiger partial charge in [-0.25, -0.2) is 0 Å². The molecule has 5 heteroatoms. The van der Waals surface area contributed by atoms with Crippen molar-refractivity contribution in [1.82, 2.24) is 0 Å². The zero-order chi connectivity index (χ0) is 11.6. The molecule has 0 heterocycles. The van der Waals surface area contributed by atoms with Crippen LogP contribution in [-0.4, -0.2) is 18.7 Å². The molecule has 0 aromatic rings. The van der Waals surface area contributed by atoms with Crippen LogP contribution in [0, 0.1) is 0 Å². The number of rotatable bonds is 10. The van der Waals surface area contributed by atoms with Crippen molar-refractivity contribution in [3.05, 3.63) is 0 Å². The van der Waals surface area contributed by atoms with Gasteiger partial charge in [0.25, 0.3) is 10.1 Å². The Balaban J connectivity index is 0. The average Bonchev–Trinajstić information content (AvgIpc) is 2.14. The van der Waals surface area contributed by atoms with Gasteiger partial charge in [-0.05, 0) is 6.42 Å². The minimum absolute atomic E-state index is 0. The van der Waals surface area contributed by atoms with Gasteiger partial charge < -0.3 is 0 Å². The molecule has 0 saturated carbocycles. The topological polar surface area (TPSA) is 54.4 Å². The third-order valence-electron chi connectivity index (χ3n) is 2.51. The summed E-state index contributed by atoms with van der Waals surface area (Å²) in [5, 5.41) is 0. The Morgan fingerprint density at radius 1 is 0.812 bits per heavy atom. The molecule has 0 fully saturated rings. The van der Waals surface area contributed by atoms with Gasteiger partial charge in [-0.2, -0.15) is 8.42 Å². The first kappa shape index (κ1) is 18.8. The van der Waals surface area contributed by atoms with Crippen LogP contribution in [0.4, 0.5) is 0 Å². The summed E-state index contributed by atoms with van der Waals surface area (Å²) < 4.78 is 29.3. The molecule has 0 bridgehead atoms. The van der Waals surface area contributed by atoms with E-state index in [0.717, 1.165) is 12.8 Å². The molecule has 0 saturated heterocycles. The second-order valence-corrected chi connectivity index (χ2v) is 5.69. The Labute approximate surface area is 111 Å². The van der Waals surface area contributed by atoms with Crippen molar-refractivity contribution >= 4 is 10.1 Å². The zero-order valence-corrected chi connectivity index (χ0v) is 12.0. The maximum absolute atomic E-state index is 10.4. The molecular formula is C11H24FeO3S. The third kappa shape index (κ3) is 16.8. The molecule has 100 valence electrons. The fourth-order valence-electron chi connectivity index (χ4n) is 1.60. The van der Waals surface area contributed by atoms with Gasteiger partial charge >= 0.3 is 0 Å². The van der Waals surface area contributed by atoms with E-state index in [4.69, 9.17) is 4.55 Å². The minimum Gasteiger partial charge on any atom is -0.286 e. The molecular weight excluding hydrogens is 268 g/mol. The minimum atomic E-state index is -3.73. The molecule has 0 atom stereocenters. The zero-order valence-electron chi connectivity index (χ0n) is 10.1. The van der Waals surface area contributed by atoms with Crippen molar-refractivity contribution in [2.45, 2.75) is 64.7 Å². The Bertz CT molecular complexity index is 227. The predicted molar refractivity (Wildman–Crippen MR) is 63.6 cm³/mol. The van der Waals surface area contributed by atoms with E-state index in [2.05, 4.69) is 6.92 Å². The Kier molecular flexibility index (Phi) is 14.0. The Morgan fingerprint density at radius 3 is 1.56 bits per heavy atom. The first-order valence-corrected chi connectivity index (χ1v) is 7.62. The van der Waals surface area contributed by atoms with Crippen LogP contribution in [0.1, 0.15) is 64.7 Å². The summed E-state index contributed by atoms with van der Waals surface area (Å²) in [7, 11) is -3.73. The molecule has 0 spiro atoms. The van der Waals surface area contributed by atoms with E-state index in [-0.39, 0.29) is 22.8 Å². The molecule has 0 amide bonds. The molecule has 0 aromatic carbocycles. The van der Waals surface area contributed by atoms with E-state index in [1.54, 1.807) is 0 Å². The van der Waals surface area contributed by atoms with Gasteiger partial charge in [0, 0.05) is 17.1 Å². The summed E-state index contributed by atoms with van der Waals surface area (Å²) in [5.74, 6) is -0.0805. The first-order valence-electron chi connectivity index (χ1n) is 6.01. The van der Waals surface area contributed by atoms with Crippen molar-refractivity contribution in [3.8, 4) is 0 Å². The maximum Gasteiger partial charge on any atom is 0.264 e. The van der Waals surface area contributed by atoms with E-state index >= 15 is 0 Å². The fraction of sp³-hybridized carbons (Fsp3) is 1.00. The molecule has 0 aliphatic heterocycles. The van der Waals surface area contributed by atoms with Gasteiger partial charge in [0.1, 0.15) is 0 Å². The molecule has 16 heavy (non-hydrogen) atoms. The monoisotopic (exact) mass is 292 g/mol. The Hall–Kier alpha value is 0.429. The molecule has 0 aliphatic rings. The molecule has 0 unspecified atom stereocenters. The summed E-state index contributed by atoms with van der Waals surface area (Å²) >= 11 is 0. The number of hydrogen-bond acceptors (Lipinski definition) is 2. The molecule has 0 rings (SSSR count). The molecule has 0 radical (unpaired) electrons. The van der Waals surface area contributed by atoms with Crippen molar-refractivity contribution in [2.75, 3.05) is 5.75 Å². The van der Waals surface area contributed by atoms with Gasteiger partial charge in [-0.1, -0.05) is 58.3 Å². The Morgan fingerprint density at radius 2 is 1.19 bits per heavy atom. The SMILES string of the molecule is CCCCCCCCCCCS(=O)(=O)O.[Fe].